The molecule has 0 radical (unpaired) electrons. The molecule has 51 heavy (non-hydrogen) atoms. The van der Waals surface area contributed by atoms with Crippen LogP contribution in [0.3, 0.4) is 0 Å². The van der Waals surface area contributed by atoms with Gasteiger partial charge in [-0.3, -0.25) is 4.68 Å². The van der Waals surface area contributed by atoms with E-state index in [1.165, 1.54) is 23.9 Å². The molecule has 0 bridgehead atoms. The summed E-state index contributed by atoms with van der Waals surface area (Å²) < 4.78 is 27.1. The average molecular weight is 702 g/mol. The molecule has 0 fully saturated rings. The number of rotatable bonds is 8. The first-order chi connectivity index (χ1) is 24.9. The Hall–Kier alpha value is -5.95. The summed E-state index contributed by atoms with van der Waals surface area (Å²) in [7, 11) is -3.37. The Balaban J connectivity index is 1.40. The average Bonchev–Trinajstić information content (AvgIpc) is 3.86. The van der Waals surface area contributed by atoms with Crippen molar-refractivity contribution in [3.05, 3.63) is 169 Å². The number of benzene rings is 4. The molecular formula is C42H31N5O2S2. The SMILES string of the molecule is CS(=O)(=O)c1ccc(-c2ncnc3ccc(-c4cn(C(c5ccccc5)(c5ccccc5)C5C=CC=CC5)nc4-c4ccc(C#N)cc4)cc23)s1. The molecule has 0 aliphatic heterocycles. The molecule has 7 aromatic rings. The molecule has 248 valence electrons. The van der Waals surface area contributed by atoms with Gasteiger partial charge in [0, 0.05) is 34.9 Å². The molecular weight excluding hydrogens is 671 g/mol. The first-order valence-corrected chi connectivity index (χ1v) is 19.2. The molecule has 9 heteroatoms. The first kappa shape index (κ1) is 32.3. The van der Waals surface area contributed by atoms with Crippen LogP contribution in [0.2, 0.25) is 0 Å². The van der Waals surface area contributed by atoms with Gasteiger partial charge in [-0.1, -0.05) is 103 Å². The molecule has 0 saturated carbocycles. The highest BCUT2D eigenvalue weighted by atomic mass is 32.2. The van der Waals surface area contributed by atoms with E-state index in [2.05, 4.69) is 106 Å². The molecule has 3 aromatic heterocycles. The minimum Gasteiger partial charge on any atom is -0.256 e. The summed E-state index contributed by atoms with van der Waals surface area (Å²) in [5, 5.41) is 15.9. The fourth-order valence-corrected chi connectivity index (χ4v) is 8.99. The van der Waals surface area contributed by atoms with Gasteiger partial charge in [0.25, 0.3) is 0 Å². The van der Waals surface area contributed by atoms with E-state index in [1.54, 1.807) is 12.1 Å². The predicted octanol–water partition coefficient (Wildman–Crippen LogP) is 9.09. The van der Waals surface area contributed by atoms with Crippen molar-refractivity contribution in [1.82, 2.24) is 19.7 Å². The van der Waals surface area contributed by atoms with Crippen LogP contribution in [0.25, 0.3) is 43.9 Å². The van der Waals surface area contributed by atoms with Gasteiger partial charge in [-0.05, 0) is 59.5 Å². The summed E-state index contributed by atoms with van der Waals surface area (Å²) in [6.07, 6.45) is 14.4. The van der Waals surface area contributed by atoms with Crippen LogP contribution < -0.4 is 0 Å². The van der Waals surface area contributed by atoms with E-state index in [9.17, 15) is 13.7 Å². The number of thiophene rings is 1. The van der Waals surface area contributed by atoms with E-state index >= 15 is 0 Å². The second-order valence-corrected chi connectivity index (χ2v) is 15.9. The highest BCUT2D eigenvalue weighted by Crippen LogP contribution is 2.46. The molecule has 1 aliphatic carbocycles. The van der Waals surface area contributed by atoms with Crippen molar-refractivity contribution in [2.75, 3.05) is 6.26 Å². The normalized spacial score (nSPS) is 14.5. The number of hydrogen-bond acceptors (Lipinski definition) is 7. The van der Waals surface area contributed by atoms with Crippen LogP contribution in [-0.4, -0.2) is 34.4 Å². The predicted molar refractivity (Wildman–Crippen MR) is 203 cm³/mol. The van der Waals surface area contributed by atoms with Crippen LogP contribution in [0.4, 0.5) is 0 Å². The van der Waals surface area contributed by atoms with Crippen molar-refractivity contribution in [3.8, 4) is 39.0 Å². The van der Waals surface area contributed by atoms with Gasteiger partial charge in [-0.25, -0.2) is 18.4 Å². The van der Waals surface area contributed by atoms with Gasteiger partial charge in [0.2, 0.25) is 0 Å². The lowest BCUT2D eigenvalue weighted by Crippen LogP contribution is -2.43. The van der Waals surface area contributed by atoms with Gasteiger partial charge >= 0.3 is 0 Å². The molecule has 3 heterocycles. The van der Waals surface area contributed by atoms with E-state index in [0.717, 1.165) is 55.7 Å². The lowest BCUT2D eigenvalue weighted by molar-refractivity contribution is 0.293. The van der Waals surface area contributed by atoms with Crippen molar-refractivity contribution >= 4 is 32.1 Å². The standard InChI is InChI=1S/C42H31N5O2S2/c1-51(48,49)39-24-23-38(50-39)41-35-25-31(21-22-37(35)44-28-45-41)36-27-47(46-40(36)30-19-17-29(26-43)18-20-30)42(32-11-5-2-6-12-32,33-13-7-3-8-14-33)34-15-9-4-10-16-34/h2-15,17-25,27-28,34H,16H2,1H3. The van der Waals surface area contributed by atoms with Crippen LogP contribution in [-0.2, 0) is 15.4 Å². The number of allylic oxidation sites excluding steroid dienone is 4. The van der Waals surface area contributed by atoms with Crippen LogP contribution in [0.15, 0.2) is 156 Å². The molecule has 0 amide bonds. The lowest BCUT2D eigenvalue weighted by atomic mass is 9.70. The Morgan fingerprint density at radius 3 is 2.16 bits per heavy atom. The topological polar surface area (TPSA) is 102 Å². The number of fused-ring (bicyclic) bond motifs is 1. The lowest BCUT2D eigenvalue weighted by Gasteiger charge is -2.41. The summed E-state index contributed by atoms with van der Waals surface area (Å²) in [6, 6.07) is 40.3. The van der Waals surface area contributed by atoms with Gasteiger partial charge in [-0.15, -0.1) is 11.3 Å². The zero-order valence-corrected chi connectivity index (χ0v) is 29.2. The highest BCUT2D eigenvalue weighted by molar-refractivity contribution is 7.92. The van der Waals surface area contributed by atoms with Gasteiger partial charge < -0.3 is 0 Å². The van der Waals surface area contributed by atoms with Crippen molar-refractivity contribution < 1.29 is 8.42 Å². The maximum Gasteiger partial charge on any atom is 0.184 e. The molecule has 0 saturated heterocycles. The maximum atomic E-state index is 12.3. The quantitative estimate of drug-likeness (QED) is 0.157. The second kappa shape index (κ2) is 13.1. The number of aromatic nitrogens is 4. The van der Waals surface area contributed by atoms with E-state index < -0.39 is 15.4 Å². The summed E-state index contributed by atoms with van der Waals surface area (Å²) in [5.74, 6) is 0.0355. The summed E-state index contributed by atoms with van der Waals surface area (Å²) >= 11 is 1.20. The molecule has 8 rings (SSSR count). The molecule has 4 aromatic carbocycles. The van der Waals surface area contributed by atoms with Crippen LogP contribution in [0, 0.1) is 17.2 Å². The number of nitrogens with zero attached hydrogens (tertiary/aromatic N) is 5. The van der Waals surface area contributed by atoms with Gasteiger partial charge in [0.15, 0.2) is 9.84 Å². The molecule has 0 spiro atoms. The molecule has 1 aliphatic rings. The summed E-state index contributed by atoms with van der Waals surface area (Å²) in [4.78, 5) is 9.93. The van der Waals surface area contributed by atoms with Gasteiger partial charge in [-0.2, -0.15) is 10.4 Å². The Morgan fingerprint density at radius 2 is 1.53 bits per heavy atom. The van der Waals surface area contributed by atoms with Gasteiger partial charge in [0.1, 0.15) is 21.8 Å². The fraction of sp³-hybridized carbons (Fsp3) is 0.0952. The maximum absolute atomic E-state index is 12.3. The van der Waals surface area contributed by atoms with E-state index in [-0.39, 0.29) is 10.1 Å². The van der Waals surface area contributed by atoms with Crippen LogP contribution in [0.5, 0.6) is 0 Å². The van der Waals surface area contributed by atoms with Gasteiger partial charge in [0.05, 0.1) is 27.7 Å². The number of nitriles is 1. The minimum atomic E-state index is -3.37. The van der Waals surface area contributed by atoms with Crippen LogP contribution >= 0.6 is 11.3 Å². The van der Waals surface area contributed by atoms with E-state index in [1.807, 2.05) is 48.5 Å². The summed E-state index contributed by atoms with van der Waals surface area (Å²) in [6.45, 7) is 0. The molecule has 1 unspecified atom stereocenters. The third-order valence-electron chi connectivity index (χ3n) is 9.43. The largest absolute Gasteiger partial charge is 0.256 e. The molecule has 0 N–H and O–H groups in total. The Morgan fingerprint density at radius 1 is 0.824 bits per heavy atom. The smallest absolute Gasteiger partial charge is 0.184 e. The van der Waals surface area contributed by atoms with Crippen molar-refractivity contribution in [2.24, 2.45) is 5.92 Å². The van der Waals surface area contributed by atoms with Crippen molar-refractivity contribution in [1.29, 1.82) is 5.26 Å². The number of sulfone groups is 1. The molecule has 1 atom stereocenters. The Labute approximate surface area is 300 Å². The van der Waals surface area contributed by atoms with Crippen molar-refractivity contribution in [3.63, 3.8) is 0 Å². The zero-order valence-electron chi connectivity index (χ0n) is 27.6. The van der Waals surface area contributed by atoms with Crippen LogP contribution in [0.1, 0.15) is 23.1 Å². The molecule has 7 nitrogen and oxygen atoms in total. The minimum absolute atomic E-state index is 0.0355. The van der Waals surface area contributed by atoms with Crippen molar-refractivity contribution in [2.45, 2.75) is 16.2 Å². The third kappa shape index (κ3) is 5.78. The van der Waals surface area contributed by atoms with E-state index in [4.69, 9.17) is 5.10 Å². The highest BCUT2D eigenvalue weighted by Gasteiger charge is 2.44. The first-order valence-electron chi connectivity index (χ1n) is 16.5. The third-order valence-corrected chi connectivity index (χ3v) is 12.3. The van der Waals surface area contributed by atoms with E-state index in [0.29, 0.717) is 11.3 Å². The Kier molecular flexibility index (Phi) is 8.27. The second-order valence-electron chi connectivity index (χ2n) is 12.5. The number of hydrogen-bond donors (Lipinski definition) is 0. The Bertz CT molecular complexity index is 2560. The summed E-state index contributed by atoms with van der Waals surface area (Å²) in [5.41, 5.74) is 6.90. The monoisotopic (exact) mass is 701 g/mol. The zero-order chi connectivity index (χ0) is 35.0. The fourth-order valence-electron chi connectivity index (χ4n) is 7.05.